The van der Waals surface area contributed by atoms with Gasteiger partial charge in [0.1, 0.15) is 6.04 Å². The molecule has 110 valence electrons. The van der Waals surface area contributed by atoms with Gasteiger partial charge < -0.3 is 10.0 Å². The van der Waals surface area contributed by atoms with Crippen molar-refractivity contribution in [2.45, 2.75) is 38.1 Å². The van der Waals surface area contributed by atoms with Crippen molar-refractivity contribution in [2.75, 3.05) is 12.8 Å². The predicted molar refractivity (Wildman–Crippen MR) is 81.1 cm³/mol. The molecule has 0 aliphatic carbocycles. The summed E-state index contributed by atoms with van der Waals surface area (Å²) in [4.78, 5) is 25.5. The fourth-order valence-electron chi connectivity index (χ4n) is 1.89. The van der Waals surface area contributed by atoms with Crippen molar-refractivity contribution in [3.05, 3.63) is 29.3 Å². The van der Waals surface area contributed by atoms with Gasteiger partial charge in [-0.2, -0.15) is 0 Å². The molecule has 0 aliphatic rings. The number of rotatable bonds is 6. The van der Waals surface area contributed by atoms with Crippen LogP contribution in [-0.4, -0.2) is 40.7 Å². The summed E-state index contributed by atoms with van der Waals surface area (Å²) in [5.74, 6) is -0.866. The summed E-state index contributed by atoms with van der Waals surface area (Å²) in [5, 5.41) is 9.06. The van der Waals surface area contributed by atoms with E-state index >= 15 is 0 Å². The number of thioether (sulfide) groups is 1. The first-order chi connectivity index (χ1) is 9.36. The van der Waals surface area contributed by atoms with Crippen molar-refractivity contribution in [3.8, 4) is 0 Å². The van der Waals surface area contributed by atoms with Crippen LogP contribution >= 0.6 is 11.8 Å². The Morgan fingerprint density at radius 1 is 1.35 bits per heavy atom. The van der Waals surface area contributed by atoms with E-state index in [1.807, 2.05) is 32.0 Å². The second-order valence-electron chi connectivity index (χ2n) is 4.82. The number of aryl methyl sites for hydroxylation is 2. The SMILES string of the molecule is CCC(C(=O)O)N(C)C(=O)CSc1cc(C)ccc1C. The molecular weight excluding hydrogens is 274 g/mol. The lowest BCUT2D eigenvalue weighted by molar-refractivity contribution is -0.148. The first kappa shape index (κ1) is 16.6. The Labute approximate surface area is 124 Å². The first-order valence-corrected chi connectivity index (χ1v) is 7.53. The Bertz CT molecular complexity index is 502. The van der Waals surface area contributed by atoms with Crippen molar-refractivity contribution < 1.29 is 14.7 Å². The maximum atomic E-state index is 12.1. The molecule has 0 saturated heterocycles. The molecular formula is C15H21NO3S. The fourth-order valence-corrected chi connectivity index (χ4v) is 2.94. The molecule has 0 bridgehead atoms. The molecule has 4 nitrogen and oxygen atoms in total. The van der Waals surface area contributed by atoms with E-state index in [9.17, 15) is 9.59 Å². The lowest BCUT2D eigenvalue weighted by Crippen LogP contribution is -2.42. The van der Waals surface area contributed by atoms with Crippen LogP contribution < -0.4 is 0 Å². The summed E-state index contributed by atoms with van der Waals surface area (Å²) in [5.41, 5.74) is 2.28. The summed E-state index contributed by atoms with van der Waals surface area (Å²) >= 11 is 1.45. The van der Waals surface area contributed by atoms with Gasteiger partial charge in [0.05, 0.1) is 5.75 Å². The number of carboxylic acids is 1. The molecule has 1 aromatic rings. The Morgan fingerprint density at radius 3 is 2.55 bits per heavy atom. The number of carboxylic acid groups (broad SMARTS) is 1. The second kappa shape index (κ2) is 7.33. The summed E-state index contributed by atoms with van der Waals surface area (Å²) in [6, 6.07) is 5.35. The number of carbonyl (C=O) groups excluding carboxylic acids is 1. The van der Waals surface area contributed by atoms with Gasteiger partial charge in [-0.15, -0.1) is 11.8 Å². The molecule has 1 rings (SSSR count). The van der Waals surface area contributed by atoms with Crippen LogP contribution in [0.25, 0.3) is 0 Å². The smallest absolute Gasteiger partial charge is 0.326 e. The van der Waals surface area contributed by atoms with E-state index in [0.717, 1.165) is 16.0 Å². The Hall–Kier alpha value is -1.49. The van der Waals surface area contributed by atoms with E-state index < -0.39 is 12.0 Å². The van der Waals surface area contributed by atoms with E-state index in [-0.39, 0.29) is 11.7 Å². The third kappa shape index (κ3) is 4.27. The van der Waals surface area contributed by atoms with Gasteiger partial charge in [0, 0.05) is 11.9 Å². The number of nitrogens with zero attached hydrogens (tertiary/aromatic N) is 1. The number of hydrogen-bond acceptors (Lipinski definition) is 3. The average molecular weight is 295 g/mol. The van der Waals surface area contributed by atoms with E-state index in [2.05, 4.69) is 0 Å². The normalized spacial score (nSPS) is 12.0. The van der Waals surface area contributed by atoms with Crippen LogP contribution in [0, 0.1) is 13.8 Å². The van der Waals surface area contributed by atoms with Gasteiger partial charge in [-0.3, -0.25) is 4.79 Å². The zero-order valence-corrected chi connectivity index (χ0v) is 13.2. The number of benzene rings is 1. The quantitative estimate of drug-likeness (QED) is 0.820. The van der Waals surface area contributed by atoms with E-state index in [4.69, 9.17) is 5.11 Å². The summed E-state index contributed by atoms with van der Waals surface area (Å²) in [7, 11) is 1.55. The first-order valence-electron chi connectivity index (χ1n) is 6.55. The van der Waals surface area contributed by atoms with Gasteiger partial charge >= 0.3 is 5.97 Å². The predicted octanol–water partition coefficient (Wildman–Crippen LogP) is 2.72. The molecule has 20 heavy (non-hydrogen) atoms. The van der Waals surface area contributed by atoms with Crippen LogP contribution in [0.3, 0.4) is 0 Å². The van der Waals surface area contributed by atoms with Crippen molar-refractivity contribution >= 4 is 23.6 Å². The van der Waals surface area contributed by atoms with Gasteiger partial charge in [-0.1, -0.05) is 24.6 Å². The van der Waals surface area contributed by atoms with E-state index in [0.29, 0.717) is 6.42 Å². The largest absolute Gasteiger partial charge is 0.480 e. The van der Waals surface area contributed by atoms with Crippen molar-refractivity contribution in [3.63, 3.8) is 0 Å². The van der Waals surface area contributed by atoms with Crippen LogP contribution in [0.15, 0.2) is 23.1 Å². The minimum atomic E-state index is -0.958. The van der Waals surface area contributed by atoms with Gasteiger partial charge in [-0.25, -0.2) is 4.79 Å². The highest BCUT2D eigenvalue weighted by Gasteiger charge is 2.24. The summed E-state index contributed by atoms with van der Waals surface area (Å²) in [6.45, 7) is 5.78. The van der Waals surface area contributed by atoms with Crippen LogP contribution in [0.2, 0.25) is 0 Å². The third-order valence-corrected chi connectivity index (χ3v) is 4.37. The number of hydrogen-bond donors (Lipinski definition) is 1. The monoisotopic (exact) mass is 295 g/mol. The number of likely N-dealkylation sites (N-methyl/N-ethyl adjacent to an activating group) is 1. The van der Waals surface area contributed by atoms with E-state index in [1.165, 1.54) is 16.7 Å². The minimum Gasteiger partial charge on any atom is -0.480 e. The van der Waals surface area contributed by atoms with Crippen molar-refractivity contribution in [1.29, 1.82) is 0 Å². The Kier molecular flexibility index (Phi) is 6.07. The number of carbonyl (C=O) groups is 2. The molecule has 0 radical (unpaired) electrons. The molecule has 0 heterocycles. The Balaban J connectivity index is 2.67. The summed E-state index contributed by atoms with van der Waals surface area (Å²) in [6.07, 6.45) is 0.408. The van der Waals surface area contributed by atoms with Gasteiger partial charge in [0.15, 0.2) is 0 Å². The van der Waals surface area contributed by atoms with Gasteiger partial charge in [-0.05, 0) is 31.9 Å². The number of amides is 1. The molecule has 0 spiro atoms. The summed E-state index contributed by atoms with van der Waals surface area (Å²) < 4.78 is 0. The maximum absolute atomic E-state index is 12.1. The zero-order chi connectivity index (χ0) is 15.3. The third-order valence-electron chi connectivity index (χ3n) is 3.23. The average Bonchev–Trinajstić information content (AvgIpc) is 2.39. The molecule has 1 unspecified atom stereocenters. The highest BCUT2D eigenvalue weighted by atomic mass is 32.2. The molecule has 0 aliphatic heterocycles. The molecule has 0 saturated carbocycles. The Morgan fingerprint density at radius 2 is 2.00 bits per heavy atom. The lowest BCUT2D eigenvalue weighted by atomic mass is 10.2. The van der Waals surface area contributed by atoms with E-state index in [1.54, 1.807) is 14.0 Å². The molecule has 1 N–H and O–H groups in total. The molecule has 5 heteroatoms. The van der Waals surface area contributed by atoms with Gasteiger partial charge in [0.25, 0.3) is 0 Å². The van der Waals surface area contributed by atoms with Crippen LogP contribution in [0.4, 0.5) is 0 Å². The lowest BCUT2D eigenvalue weighted by Gasteiger charge is -2.23. The number of aliphatic carboxylic acids is 1. The molecule has 0 fully saturated rings. The van der Waals surface area contributed by atoms with Crippen LogP contribution in [0.5, 0.6) is 0 Å². The molecule has 1 atom stereocenters. The molecule has 1 amide bonds. The van der Waals surface area contributed by atoms with Crippen LogP contribution in [-0.2, 0) is 9.59 Å². The highest BCUT2D eigenvalue weighted by molar-refractivity contribution is 8.00. The standard InChI is InChI=1S/C15H21NO3S/c1-5-12(15(18)19)16(4)14(17)9-20-13-8-10(2)6-7-11(13)3/h6-8,12H,5,9H2,1-4H3,(H,18,19). The van der Waals surface area contributed by atoms with Crippen LogP contribution in [0.1, 0.15) is 24.5 Å². The minimum absolute atomic E-state index is 0.162. The molecule has 0 aromatic heterocycles. The van der Waals surface area contributed by atoms with Crippen molar-refractivity contribution in [2.24, 2.45) is 0 Å². The second-order valence-corrected chi connectivity index (χ2v) is 5.84. The topological polar surface area (TPSA) is 57.6 Å². The van der Waals surface area contributed by atoms with Gasteiger partial charge in [0.2, 0.25) is 5.91 Å². The highest BCUT2D eigenvalue weighted by Crippen LogP contribution is 2.24. The molecule has 1 aromatic carbocycles. The maximum Gasteiger partial charge on any atom is 0.326 e. The zero-order valence-electron chi connectivity index (χ0n) is 12.3. The fraction of sp³-hybridized carbons (Fsp3) is 0.467. The van der Waals surface area contributed by atoms with Crippen molar-refractivity contribution in [1.82, 2.24) is 4.90 Å².